The quantitative estimate of drug-likeness (QED) is 0.304. The molecule has 5 heteroatoms. The molecule has 1 aromatic heterocycles. The minimum atomic E-state index is -0.264. The fraction of sp³-hybridized carbons (Fsp3) is 0.368. The Labute approximate surface area is 142 Å². The molecule has 0 radical (unpaired) electrons. The molecule has 5 nitrogen and oxygen atoms in total. The predicted molar refractivity (Wildman–Crippen MR) is 92.4 cm³/mol. The number of para-hydroxylation sites is 1. The number of hydrogen-bond donors (Lipinski definition) is 0. The second-order valence-corrected chi connectivity index (χ2v) is 5.58. The Bertz CT molecular complexity index is 686. The fourth-order valence-electron chi connectivity index (χ4n) is 2.83. The molecule has 2 unspecified atom stereocenters. The Balaban J connectivity index is 2.37. The highest BCUT2D eigenvalue weighted by Gasteiger charge is 2.26. The molecule has 2 atom stereocenters. The Hall–Kier alpha value is -2.24. The van der Waals surface area contributed by atoms with Gasteiger partial charge in [-0.2, -0.15) is 0 Å². The number of rotatable bonds is 9. The summed E-state index contributed by atoms with van der Waals surface area (Å²) in [5.74, 6) is -0.327. The van der Waals surface area contributed by atoms with Gasteiger partial charge in [-0.1, -0.05) is 24.3 Å². The maximum Gasteiger partial charge on any atom is 0.306 e. The van der Waals surface area contributed by atoms with Crippen molar-refractivity contribution in [3.05, 3.63) is 54.7 Å². The highest BCUT2D eigenvalue weighted by atomic mass is 17.2. The number of benzene rings is 1. The molecule has 0 saturated carbocycles. The number of carbonyl (C=O) groups is 1. The van der Waals surface area contributed by atoms with Crippen LogP contribution >= 0.6 is 0 Å². The lowest BCUT2D eigenvalue weighted by Crippen LogP contribution is -2.22. The van der Waals surface area contributed by atoms with Crippen LogP contribution in [0, 0.1) is 5.92 Å². The van der Waals surface area contributed by atoms with Crippen molar-refractivity contribution >= 4 is 16.9 Å². The van der Waals surface area contributed by atoms with Gasteiger partial charge in [-0.3, -0.25) is 9.78 Å². The number of pyridine rings is 1. The highest BCUT2D eigenvalue weighted by Crippen LogP contribution is 2.32. The summed E-state index contributed by atoms with van der Waals surface area (Å²) in [4.78, 5) is 26.3. The monoisotopic (exact) mass is 329 g/mol. The summed E-state index contributed by atoms with van der Waals surface area (Å²) < 4.78 is 4.87. The first kappa shape index (κ1) is 18.1. The molecule has 0 aliphatic carbocycles. The van der Waals surface area contributed by atoms with Crippen molar-refractivity contribution in [3.8, 4) is 0 Å². The van der Waals surface area contributed by atoms with Crippen LogP contribution < -0.4 is 0 Å². The van der Waals surface area contributed by atoms with Gasteiger partial charge < -0.3 is 4.74 Å². The number of fused-ring (bicyclic) bond motifs is 1. The van der Waals surface area contributed by atoms with E-state index < -0.39 is 0 Å². The highest BCUT2D eigenvalue weighted by molar-refractivity contribution is 5.79. The first-order valence-corrected chi connectivity index (χ1v) is 7.87. The number of allylic oxidation sites excluding steroid dienone is 1. The van der Waals surface area contributed by atoms with Gasteiger partial charge in [0.15, 0.2) is 0 Å². The molecule has 0 fully saturated rings. The molecule has 0 amide bonds. The van der Waals surface area contributed by atoms with Crippen molar-refractivity contribution in [1.82, 2.24) is 4.98 Å². The molecule has 2 aromatic rings. The van der Waals surface area contributed by atoms with Gasteiger partial charge in [0.05, 0.1) is 32.8 Å². The average molecular weight is 329 g/mol. The van der Waals surface area contributed by atoms with E-state index in [1.807, 2.05) is 36.5 Å². The van der Waals surface area contributed by atoms with Crippen molar-refractivity contribution in [3.63, 3.8) is 0 Å². The molecule has 0 spiro atoms. The van der Waals surface area contributed by atoms with Gasteiger partial charge >= 0.3 is 5.97 Å². The standard InChI is InChI=1S/C19H23NO4/c1-4-7-15(13-24-23-3)17(11-19(21)22-2)16-10-14-8-5-6-9-18(14)20-12-16/h4-6,8-10,12,15,17H,1,7,11,13H2,2-3H3. The minimum absolute atomic E-state index is 0.0320. The minimum Gasteiger partial charge on any atom is -0.469 e. The van der Waals surface area contributed by atoms with E-state index in [-0.39, 0.29) is 24.2 Å². The largest absolute Gasteiger partial charge is 0.469 e. The lowest BCUT2D eigenvalue weighted by Gasteiger charge is -2.25. The van der Waals surface area contributed by atoms with E-state index in [1.165, 1.54) is 14.2 Å². The zero-order valence-corrected chi connectivity index (χ0v) is 14.1. The zero-order chi connectivity index (χ0) is 17.4. The third-order valence-electron chi connectivity index (χ3n) is 4.09. The zero-order valence-electron chi connectivity index (χ0n) is 14.1. The number of esters is 1. The van der Waals surface area contributed by atoms with Crippen molar-refractivity contribution in [2.45, 2.75) is 18.8 Å². The van der Waals surface area contributed by atoms with Crippen molar-refractivity contribution in [1.29, 1.82) is 0 Å². The summed E-state index contributed by atoms with van der Waals surface area (Å²) in [6.07, 6.45) is 4.58. The van der Waals surface area contributed by atoms with E-state index in [1.54, 1.807) is 0 Å². The third kappa shape index (κ3) is 4.63. The average Bonchev–Trinajstić information content (AvgIpc) is 2.62. The normalized spacial score (nSPS) is 13.4. The van der Waals surface area contributed by atoms with Crippen LogP contribution in [0.3, 0.4) is 0 Å². The van der Waals surface area contributed by atoms with Gasteiger partial charge in [-0.25, -0.2) is 9.78 Å². The van der Waals surface area contributed by atoms with Crippen LogP contribution in [0.1, 0.15) is 24.3 Å². The molecule has 0 N–H and O–H groups in total. The molecular weight excluding hydrogens is 306 g/mol. The molecule has 1 aromatic carbocycles. The molecule has 2 rings (SSSR count). The number of ether oxygens (including phenoxy) is 1. The third-order valence-corrected chi connectivity index (χ3v) is 4.09. The first-order valence-electron chi connectivity index (χ1n) is 7.87. The molecule has 24 heavy (non-hydrogen) atoms. The van der Waals surface area contributed by atoms with Crippen LogP contribution in [-0.2, 0) is 19.3 Å². The van der Waals surface area contributed by atoms with Crippen LogP contribution in [0.4, 0.5) is 0 Å². The van der Waals surface area contributed by atoms with Crippen LogP contribution in [-0.4, -0.2) is 31.8 Å². The Morgan fingerprint density at radius 2 is 2.12 bits per heavy atom. The van der Waals surface area contributed by atoms with Gasteiger partial charge in [0.25, 0.3) is 0 Å². The smallest absolute Gasteiger partial charge is 0.306 e. The Kier molecular flexibility index (Phi) is 6.90. The summed E-state index contributed by atoms with van der Waals surface area (Å²) in [5.41, 5.74) is 1.90. The molecule has 0 aliphatic rings. The number of aromatic nitrogens is 1. The molecule has 0 bridgehead atoms. The van der Waals surface area contributed by atoms with E-state index in [0.29, 0.717) is 13.0 Å². The van der Waals surface area contributed by atoms with E-state index in [2.05, 4.69) is 17.6 Å². The summed E-state index contributed by atoms with van der Waals surface area (Å²) >= 11 is 0. The van der Waals surface area contributed by atoms with Gasteiger partial charge in [0, 0.05) is 17.5 Å². The van der Waals surface area contributed by atoms with Crippen molar-refractivity contribution < 1.29 is 19.3 Å². The molecule has 0 saturated heterocycles. The van der Waals surface area contributed by atoms with Gasteiger partial charge in [-0.05, 0) is 30.0 Å². The van der Waals surface area contributed by atoms with Gasteiger partial charge in [-0.15, -0.1) is 6.58 Å². The Morgan fingerprint density at radius 3 is 2.83 bits per heavy atom. The summed E-state index contributed by atoms with van der Waals surface area (Å²) in [7, 11) is 2.87. The van der Waals surface area contributed by atoms with Crippen LogP contribution in [0.25, 0.3) is 10.9 Å². The Morgan fingerprint density at radius 1 is 1.33 bits per heavy atom. The SMILES string of the molecule is C=CCC(COOC)C(CC(=O)OC)c1cnc2ccccc2c1. The molecular formula is C19H23NO4. The molecule has 128 valence electrons. The second-order valence-electron chi connectivity index (χ2n) is 5.58. The van der Waals surface area contributed by atoms with Crippen molar-refractivity contribution in [2.24, 2.45) is 5.92 Å². The number of methoxy groups -OCH3 is 1. The topological polar surface area (TPSA) is 57.7 Å². The fourth-order valence-corrected chi connectivity index (χ4v) is 2.83. The first-order chi connectivity index (χ1) is 11.7. The summed E-state index contributed by atoms with van der Waals surface area (Å²) in [6, 6.07) is 9.96. The maximum absolute atomic E-state index is 11.9. The molecule has 0 aliphatic heterocycles. The van der Waals surface area contributed by atoms with Gasteiger partial charge in [0.2, 0.25) is 0 Å². The van der Waals surface area contributed by atoms with E-state index in [4.69, 9.17) is 14.5 Å². The summed E-state index contributed by atoms with van der Waals surface area (Å²) in [6.45, 7) is 4.16. The lowest BCUT2D eigenvalue weighted by molar-refractivity contribution is -0.280. The van der Waals surface area contributed by atoms with Crippen LogP contribution in [0.5, 0.6) is 0 Å². The number of carbonyl (C=O) groups excluding carboxylic acids is 1. The predicted octanol–water partition coefficient (Wildman–Crippen LogP) is 3.65. The molecule has 1 heterocycles. The van der Waals surface area contributed by atoms with Crippen molar-refractivity contribution in [2.75, 3.05) is 20.8 Å². The lowest BCUT2D eigenvalue weighted by atomic mass is 9.82. The van der Waals surface area contributed by atoms with E-state index in [0.717, 1.165) is 16.5 Å². The van der Waals surface area contributed by atoms with Crippen LogP contribution in [0.2, 0.25) is 0 Å². The summed E-state index contributed by atoms with van der Waals surface area (Å²) in [5, 5.41) is 1.04. The number of hydrogen-bond acceptors (Lipinski definition) is 5. The van der Waals surface area contributed by atoms with E-state index >= 15 is 0 Å². The second kappa shape index (κ2) is 9.15. The maximum atomic E-state index is 11.9. The number of nitrogens with zero attached hydrogens (tertiary/aromatic N) is 1. The van der Waals surface area contributed by atoms with Gasteiger partial charge in [0.1, 0.15) is 0 Å². The van der Waals surface area contributed by atoms with Crippen LogP contribution in [0.15, 0.2) is 49.2 Å². The van der Waals surface area contributed by atoms with E-state index in [9.17, 15) is 4.79 Å².